The lowest BCUT2D eigenvalue weighted by atomic mass is 10.1. The number of nitro benzene ring substituents is 1. The van der Waals surface area contributed by atoms with Gasteiger partial charge in [-0.15, -0.1) is 0 Å². The molecule has 7 heteroatoms. The van der Waals surface area contributed by atoms with Gasteiger partial charge in [-0.05, 0) is 12.5 Å². The number of methoxy groups -OCH3 is 1. The highest BCUT2D eigenvalue weighted by molar-refractivity contribution is 5.73. The molecule has 0 saturated heterocycles. The van der Waals surface area contributed by atoms with E-state index in [-0.39, 0.29) is 5.69 Å². The van der Waals surface area contributed by atoms with Gasteiger partial charge < -0.3 is 15.0 Å². The van der Waals surface area contributed by atoms with Gasteiger partial charge in [0.2, 0.25) is 0 Å². The average molecular weight is 263 g/mol. The first-order chi connectivity index (χ1) is 9.08. The van der Waals surface area contributed by atoms with Gasteiger partial charge in [0.25, 0.3) is 5.69 Å². The maximum atomic E-state index is 10.7. The summed E-state index contributed by atoms with van der Waals surface area (Å²) >= 11 is 0. The SMILES string of the molecule is CCc1c(N)noc1-c1ccc([N+](=O)[O-])cc1OC. The van der Waals surface area contributed by atoms with Crippen LogP contribution in [0.15, 0.2) is 22.7 Å². The van der Waals surface area contributed by atoms with Gasteiger partial charge in [0.05, 0.1) is 23.7 Å². The maximum absolute atomic E-state index is 10.7. The molecule has 7 nitrogen and oxygen atoms in total. The van der Waals surface area contributed by atoms with Gasteiger partial charge in [-0.3, -0.25) is 10.1 Å². The topological polar surface area (TPSA) is 104 Å². The largest absolute Gasteiger partial charge is 0.496 e. The number of aromatic nitrogens is 1. The number of non-ortho nitro benzene ring substituents is 1. The second-order valence-corrected chi connectivity index (χ2v) is 3.87. The van der Waals surface area contributed by atoms with E-state index >= 15 is 0 Å². The van der Waals surface area contributed by atoms with Crippen LogP contribution in [-0.2, 0) is 6.42 Å². The van der Waals surface area contributed by atoms with E-state index in [0.717, 1.165) is 5.56 Å². The van der Waals surface area contributed by atoms with Crippen LogP contribution in [-0.4, -0.2) is 17.2 Å². The summed E-state index contributed by atoms with van der Waals surface area (Å²) in [5.41, 5.74) is 7.00. The van der Waals surface area contributed by atoms with Gasteiger partial charge in [-0.25, -0.2) is 0 Å². The molecule has 0 fully saturated rings. The second-order valence-electron chi connectivity index (χ2n) is 3.87. The monoisotopic (exact) mass is 263 g/mol. The molecule has 2 N–H and O–H groups in total. The van der Waals surface area contributed by atoms with Gasteiger partial charge >= 0.3 is 0 Å². The molecule has 0 radical (unpaired) electrons. The zero-order valence-electron chi connectivity index (χ0n) is 10.5. The lowest BCUT2D eigenvalue weighted by Crippen LogP contribution is -1.94. The molecular weight excluding hydrogens is 250 g/mol. The summed E-state index contributed by atoms with van der Waals surface area (Å²) in [6.45, 7) is 1.92. The molecule has 0 spiro atoms. The summed E-state index contributed by atoms with van der Waals surface area (Å²) in [6, 6.07) is 4.29. The summed E-state index contributed by atoms with van der Waals surface area (Å²) in [6.07, 6.45) is 0.644. The highest BCUT2D eigenvalue weighted by Crippen LogP contribution is 2.36. The van der Waals surface area contributed by atoms with Gasteiger partial charge in [0, 0.05) is 11.6 Å². The molecule has 100 valence electrons. The zero-order valence-corrected chi connectivity index (χ0v) is 10.5. The summed E-state index contributed by atoms with van der Waals surface area (Å²) in [5.74, 6) is 1.14. The first kappa shape index (κ1) is 12.9. The van der Waals surface area contributed by atoms with E-state index in [4.69, 9.17) is 15.0 Å². The highest BCUT2D eigenvalue weighted by atomic mass is 16.6. The molecule has 0 aliphatic heterocycles. The smallest absolute Gasteiger partial charge is 0.273 e. The fourth-order valence-corrected chi connectivity index (χ4v) is 1.86. The van der Waals surface area contributed by atoms with Crippen LogP contribution in [0.2, 0.25) is 0 Å². The van der Waals surface area contributed by atoms with Crippen LogP contribution in [0.4, 0.5) is 11.5 Å². The van der Waals surface area contributed by atoms with Gasteiger partial charge in [0.15, 0.2) is 11.6 Å². The Balaban J connectivity index is 2.58. The maximum Gasteiger partial charge on any atom is 0.273 e. The minimum Gasteiger partial charge on any atom is -0.496 e. The Morgan fingerprint density at radius 3 is 2.84 bits per heavy atom. The van der Waals surface area contributed by atoms with Crippen molar-refractivity contribution < 1.29 is 14.2 Å². The Bertz CT molecular complexity index is 621. The molecule has 0 unspecified atom stereocenters. The van der Waals surface area contributed by atoms with Crippen molar-refractivity contribution in [3.8, 4) is 17.1 Å². The number of nitro groups is 1. The Labute approximate surface area is 109 Å². The molecule has 1 aromatic heterocycles. The molecule has 0 atom stereocenters. The molecule has 1 aromatic carbocycles. The van der Waals surface area contributed by atoms with E-state index in [0.29, 0.717) is 29.3 Å². The van der Waals surface area contributed by atoms with E-state index in [9.17, 15) is 10.1 Å². The van der Waals surface area contributed by atoms with E-state index in [1.807, 2.05) is 6.92 Å². The number of hydrogen-bond acceptors (Lipinski definition) is 6. The van der Waals surface area contributed by atoms with Crippen molar-refractivity contribution in [3.63, 3.8) is 0 Å². The number of nitrogens with two attached hydrogens (primary N) is 1. The zero-order chi connectivity index (χ0) is 14.0. The first-order valence-electron chi connectivity index (χ1n) is 5.65. The summed E-state index contributed by atoms with van der Waals surface area (Å²) in [4.78, 5) is 10.3. The van der Waals surface area contributed by atoms with E-state index in [1.165, 1.54) is 19.2 Å². The number of hydrogen-bond donors (Lipinski definition) is 1. The normalized spacial score (nSPS) is 10.4. The first-order valence-corrected chi connectivity index (χ1v) is 5.65. The van der Waals surface area contributed by atoms with Crippen molar-refractivity contribution in [1.29, 1.82) is 0 Å². The van der Waals surface area contributed by atoms with Crippen molar-refractivity contribution in [1.82, 2.24) is 5.16 Å². The highest BCUT2D eigenvalue weighted by Gasteiger charge is 2.20. The van der Waals surface area contributed by atoms with E-state index in [1.54, 1.807) is 6.07 Å². The molecule has 0 aliphatic rings. The lowest BCUT2D eigenvalue weighted by Gasteiger charge is -2.06. The fourth-order valence-electron chi connectivity index (χ4n) is 1.86. The number of ether oxygens (including phenoxy) is 1. The average Bonchev–Trinajstić information content (AvgIpc) is 2.78. The fraction of sp³-hybridized carbons (Fsp3) is 0.250. The standard InChI is InChI=1S/C12H13N3O4/c1-3-8-11(19-14-12(8)13)9-5-4-7(15(16)17)6-10(9)18-2/h4-6H,3H2,1-2H3,(H2,13,14). The molecule has 0 bridgehead atoms. The number of benzene rings is 1. The van der Waals surface area contributed by atoms with Gasteiger partial charge in [-0.1, -0.05) is 12.1 Å². The van der Waals surface area contributed by atoms with Crippen LogP contribution in [0.3, 0.4) is 0 Å². The Kier molecular flexibility index (Phi) is 3.37. The third kappa shape index (κ3) is 2.22. The van der Waals surface area contributed by atoms with Crippen molar-refractivity contribution in [2.75, 3.05) is 12.8 Å². The Morgan fingerprint density at radius 1 is 1.53 bits per heavy atom. The molecule has 0 amide bonds. The minimum absolute atomic E-state index is 0.0499. The summed E-state index contributed by atoms with van der Waals surface area (Å²) in [7, 11) is 1.44. The summed E-state index contributed by atoms with van der Waals surface area (Å²) in [5, 5.41) is 14.4. The van der Waals surface area contributed by atoms with Crippen LogP contribution < -0.4 is 10.5 Å². The van der Waals surface area contributed by atoms with Crippen molar-refractivity contribution in [2.45, 2.75) is 13.3 Å². The predicted octanol–water partition coefficient (Wildman–Crippen LogP) is 2.40. The van der Waals surface area contributed by atoms with Crippen LogP contribution >= 0.6 is 0 Å². The number of nitrogen functional groups attached to an aromatic ring is 1. The third-order valence-corrected chi connectivity index (χ3v) is 2.81. The van der Waals surface area contributed by atoms with Crippen LogP contribution in [0, 0.1) is 10.1 Å². The van der Waals surface area contributed by atoms with Crippen molar-refractivity contribution >= 4 is 11.5 Å². The van der Waals surface area contributed by atoms with Crippen LogP contribution in [0.5, 0.6) is 5.75 Å². The molecule has 0 saturated carbocycles. The van der Waals surface area contributed by atoms with Gasteiger partial charge in [-0.2, -0.15) is 0 Å². The Morgan fingerprint density at radius 2 is 2.26 bits per heavy atom. The molecule has 2 rings (SSSR count). The van der Waals surface area contributed by atoms with E-state index < -0.39 is 4.92 Å². The van der Waals surface area contributed by atoms with Crippen LogP contribution in [0.1, 0.15) is 12.5 Å². The third-order valence-electron chi connectivity index (χ3n) is 2.81. The summed E-state index contributed by atoms with van der Waals surface area (Å²) < 4.78 is 10.4. The minimum atomic E-state index is -0.484. The van der Waals surface area contributed by atoms with Gasteiger partial charge in [0.1, 0.15) is 5.75 Å². The van der Waals surface area contributed by atoms with E-state index in [2.05, 4.69) is 5.16 Å². The molecule has 0 aliphatic carbocycles. The number of rotatable bonds is 4. The predicted molar refractivity (Wildman–Crippen MR) is 68.9 cm³/mol. The molecule has 2 aromatic rings. The van der Waals surface area contributed by atoms with Crippen molar-refractivity contribution in [2.24, 2.45) is 0 Å². The number of nitrogens with zero attached hydrogens (tertiary/aromatic N) is 2. The molecule has 1 heterocycles. The Hall–Kier alpha value is -2.57. The second kappa shape index (κ2) is 4.97. The quantitative estimate of drug-likeness (QED) is 0.670. The molecule has 19 heavy (non-hydrogen) atoms. The number of anilines is 1. The lowest BCUT2D eigenvalue weighted by molar-refractivity contribution is -0.384. The van der Waals surface area contributed by atoms with Crippen molar-refractivity contribution in [3.05, 3.63) is 33.9 Å². The molecular formula is C12H13N3O4. The van der Waals surface area contributed by atoms with Crippen LogP contribution in [0.25, 0.3) is 11.3 Å².